The molecule has 1 aromatic carbocycles. The molecule has 0 saturated heterocycles. The van der Waals surface area contributed by atoms with E-state index in [0.717, 1.165) is 11.1 Å². The first-order chi connectivity index (χ1) is 9.81. The number of aromatic nitrogens is 1. The molecule has 0 aliphatic carbocycles. The maximum absolute atomic E-state index is 12.5. The summed E-state index contributed by atoms with van der Waals surface area (Å²) in [7, 11) is -2.26. The summed E-state index contributed by atoms with van der Waals surface area (Å²) in [6, 6.07) is 6.76. The quantitative estimate of drug-likeness (QED) is 0.896. The minimum absolute atomic E-state index is 0.210. The number of hydrogen-bond donors (Lipinski definition) is 1. The standard InChI is InChI=1S/C14H15BrN2O3S/c1-9-4-10(2)6-12(5-9)21(18,19)17-13-7-11(15)8-16-14(13)20-3/h4-8,17H,1-3H3. The average molecular weight is 371 g/mol. The lowest BCUT2D eigenvalue weighted by Gasteiger charge is -2.12. The van der Waals surface area contributed by atoms with Crippen LogP contribution in [0.3, 0.4) is 0 Å². The fraction of sp³-hybridized carbons (Fsp3) is 0.214. The van der Waals surface area contributed by atoms with Crippen molar-refractivity contribution < 1.29 is 13.2 Å². The summed E-state index contributed by atoms with van der Waals surface area (Å²) in [5.41, 5.74) is 2.05. The topological polar surface area (TPSA) is 68.3 Å². The van der Waals surface area contributed by atoms with Crippen LogP contribution in [0.5, 0.6) is 5.88 Å². The molecule has 0 amide bonds. The molecular formula is C14H15BrN2O3S. The highest BCUT2D eigenvalue weighted by atomic mass is 79.9. The lowest BCUT2D eigenvalue weighted by atomic mass is 10.2. The Labute approximate surface area is 132 Å². The van der Waals surface area contributed by atoms with Gasteiger partial charge in [-0.15, -0.1) is 0 Å². The van der Waals surface area contributed by atoms with Crippen molar-refractivity contribution in [1.82, 2.24) is 4.98 Å². The van der Waals surface area contributed by atoms with Gasteiger partial charge in [0.25, 0.3) is 10.0 Å². The van der Waals surface area contributed by atoms with Gasteiger partial charge in [0.05, 0.1) is 12.0 Å². The SMILES string of the molecule is COc1ncc(Br)cc1NS(=O)(=O)c1cc(C)cc(C)c1. The van der Waals surface area contributed by atoms with E-state index in [1.165, 1.54) is 13.3 Å². The van der Waals surface area contributed by atoms with Crippen LogP contribution in [0.25, 0.3) is 0 Å². The van der Waals surface area contributed by atoms with Crippen LogP contribution in [0.1, 0.15) is 11.1 Å². The molecule has 1 heterocycles. The van der Waals surface area contributed by atoms with E-state index < -0.39 is 10.0 Å². The highest BCUT2D eigenvalue weighted by Crippen LogP contribution is 2.27. The predicted molar refractivity (Wildman–Crippen MR) is 85.2 cm³/mol. The molecule has 7 heteroatoms. The van der Waals surface area contributed by atoms with Gasteiger partial charge in [0.1, 0.15) is 5.69 Å². The second-order valence-corrected chi connectivity index (χ2v) is 7.24. The highest BCUT2D eigenvalue weighted by Gasteiger charge is 2.18. The second-order valence-electron chi connectivity index (χ2n) is 4.64. The van der Waals surface area contributed by atoms with Gasteiger partial charge in [0.2, 0.25) is 5.88 Å². The van der Waals surface area contributed by atoms with Crippen LogP contribution in [0.15, 0.2) is 39.8 Å². The number of ether oxygens (including phenoxy) is 1. The Bertz CT molecular complexity index is 756. The summed E-state index contributed by atoms with van der Waals surface area (Å²) in [5, 5.41) is 0. The second kappa shape index (κ2) is 6.03. The van der Waals surface area contributed by atoms with Crippen molar-refractivity contribution >= 4 is 31.6 Å². The molecule has 0 aliphatic rings. The van der Waals surface area contributed by atoms with Gasteiger partial charge in [-0.25, -0.2) is 13.4 Å². The summed E-state index contributed by atoms with van der Waals surface area (Å²) >= 11 is 3.26. The third kappa shape index (κ3) is 3.74. The predicted octanol–water partition coefficient (Wildman–Crippen LogP) is 3.27. The summed E-state index contributed by atoms with van der Waals surface area (Å²) in [5.74, 6) is 0.214. The number of nitrogens with one attached hydrogen (secondary N) is 1. The molecule has 21 heavy (non-hydrogen) atoms. The molecule has 0 radical (unpaired) electrons. The first-order valence-electron chi connectivity index (χ1n) is 6.12. The van der Waals surface area contributed by atoms with Gasteiger partial charge in [-0.2, -0.15) is 0 Å². The fourth-order valence-electron chi connectivity index (χ4n) is 1.95. The molecule has 1 aromatic heterocycles. The largest absolute Gasteiger partial charge is 0.479 e. The Morgan fingerprint density at radius 2 is 1.76 bits per heavy atom. The number of aryl methyl sites for hydroxylation is 2. The van der Waals surface area contributed by atoms with E-state index >= 15 is 0 Å². The maximum atomic E-state index is 12.5. The van der Waals surface area contributed by atoms with Crippen molar-refractivity contribution in [3.63, 3.8) is 0 Å². The maximum Gasteiger partial charge on any atom is 0.262 e. The van der Waals surface area contributed by atoms with E-state index in [1.807, 2.05) is 19.9 Å². The van der Waals surface area contributed by atoms with Crippen molar-refractivity contribution in [2.75, 3.05) is 11.8 Å². The number of benzene rings is 1. The number of rotatable bonds is 4. The summed E-state index contributed by atoms with van der Waals surface area (Å²) < 4.78 is 33.2. The molecule has 0 aliphatic heterocycles. The fourth-order valence-corrected chi connectivity index (χ4v) is 3.52. The molecule has 0 unspecified atom stereocenters. The molecule has 112 valence electrons. The third-order valence-corrected chi connectivity index (χ3v) is 4.54. The lowest BCUT2D eigenvalue weighted by Crippen LogP contribution is -2.14. The Morgan fingerprint density at radius 3 is 2.33 bits per heavy atom. The number of hydrogen-bond acceptors (Lipinski definition) is 4. The van der Waals surface area contributed by atoms with Gasteiger partial charge in [-0.1, -0.05) is 6.07 Å². The molecule has 5 nitrogen and oxygen atoms in total. The molecule has 2 aromatic rings. The van der Waals surface area contributed by atoms with Crippen molar-refractivity contribution in [3.05, 3.63) is 46.1 Å². The summed E-state index contributed by atoms with van der Waals surface area (Å²) in [6.45, 7) is 3.71. The number of methoxy groups -OCH3 is 1. The van der Waals surface area contributed by atoms with Crippen LogP contribution < -0.4 is 9.46 Å². The lowest BCUT2D eigenvalue weighted by molar-refractivity contribution is 0.400. The van der Waals surface area contributed by atoms with E-state index in [4.69, 9.17) is 4.74 Å². The molecule has 1 N–H and O–H groups in total. The van der Waals surface area contributed by atoms with Crippen LogP contribution >= 0.6 is 15.9 Å². The average Bonchev–Trinajstić information content (AvgIpc) is 2.37. The number of halogens is 1. The first-order valence-corrected chi connectivity index (χ1v) is 8.40. The van der Waals surface area contributed by atoms with Crippen LogP contribution in [0.2, 0.25) is 0 Å². The highest BCUT2D eigenvalue weighted by molar-refractivity contribution is 9.10. The van der Waals surface area contributed by atoms with Crippen molar-refractivity contribution in [3.8, 4) is 5.88 Å². The van der Waals surface area contributed by atoms with Gasteiger partial charge >= 0.3 is 0 Å². The molecular weight excluding hydrogens is 356 g/mol. The van der Waals surface area contributed by atoms with E-state index in [-0.39, 0.29) is 16.5 Å². The number of pyridine rings is 1. The number of nitrogens with zero attached hydrogens (tertiary/aromatic N) is 1. The van der Waals surface area contributed by atoms with Gasteiger partial charge < -0.3 is 4.74 Å². The van der Waals surface area contributed by atoms with Crippen molar-refractivity contribution in [2.24, 2.45) is 0 Å². The zero-order valence-electron chi connectivity index (χ0n) is 11.8. The Hall–Kier alpha value is -1.60. The van der Waals surface area contributed by atoms with E-state index in [2.05, 4.69) is 25.6 Å². The van der Waals surface area contributed by atoms with Crippen molar-refractivity contribution in [1.29, 1.82) is 0 Å². The van der Waals surface area contributed by atoms with Gasteiger partial charge in [-0.3, -0.25) is 4.72 Å². The molecule has 2 rings (SSSR count). The number of anilines is 1. The Balaban J connectivity index is 2.44. The minimum Gasteiger partial charge on any atom is -0.479 e. The van der Waals surface area contributed by atoms with Crippen LogP contribution in [0.4, 0.5) is 5.69 Å². The summed E-state index contributed by atoms with van der Waals surface area (Å²) in [4.78, 5) is 4.22. The first kappa shape index (κ1) is 15.8. The van der Waals surface area contributed by atoms with Gasteiger partial charge in [0, 0.05) is 10.7 Å². The zero-order valence-corrected chi connectivity index (χ0v) is 14.2. The molecule has 0 spiro atoms. The Kier molecular flexibility index (Phi) is 4.53. The van der Waals surface area contributed by atoms with Crippen LogP contribution in [0, 0.1) is 13.8 Å². The van der Waals surface area contributed by atoms with Crippen LogP contribution in [-0.2, 0) is 10.0 Å². The minimum atomic E-state index is -3.70. The third-order valence-electron chi connectivity index (χ3n) is 2.76. The zero-order chi connectivity index (χ0) is 15.6. The van der Waals surface area contributed by atoms with E-state index in [9.17, 15) is 8.42 Å². The van der Waals surface area contributed by atoms with Gasteiger partial charge in [0.15, 0.2) is 0 Å². The van der Waals surface area contributed by atoms with E-state index in [1.54, 1.807) is 18.2 Å². The molecule has 0 saturated carbocycles. The van der Waals surface area contributed by atoms with E-state index in [0.29, 0.717) is 4.47 Å². The van der Waals surface area contributed by atoms with Crippen molar-refractivity contribution in [2.45, 2.75) is 18.7 Å². The smallest absolute Gasteiger partial charge is 0.262 e. The normalized spacial score (nSPS) is 11.2. The number of sulfonamides is 1. The summed E-state index contributed by atoms with van der Waals surface area (Å²) in [6.07, 6.45) is 1.54. The van der Waals surface area contributed by atoms with Crippen LogP contribution in [-0.4, -0.2) is 20.5 Å². The van der Waals surface area contributed by atoms with Gasteiger partial charge in [-0.05, 0) is 59.1 Å². The molecule has 0 fully saturated rings. The molecule has 0 atom stereocenters. The monoisotopic (exact) mass is 370 g/mol. The Morgan fingerprint density at radius 1 is 1.14 bits per heavy atom. The molecule has 0 bridgehead atoms.